The monoisotopic (exact) mass is 318 g/mol. The van der Waals surface area contributed by atoms with Crippen LogP contribution in [0.3, 0.4) is 0 Å². The first-order valence-corrected chi connectivity index (χ1v) is 8.90. The second-order valence-corrected chi connectivity index (χ2v) is 7.41. The van der Waals surface area contributed by atoms with Crippen molar-refractivity contribution in [2.75, 3.05) is 26.2 Å². The molecule has 3 fully saturated rings. The Balaban J connectivity index is 1.29. The van der Waals surface area contributed by atoms with Gasteiger partial charge in [-0.05, 0) is 43.6 Å². The highest BCUT2D eigenvalue weighted by Crippen LogP contribution is 2.32. The van der Waals surface area contributed by atoms with Gasteiger partial charge in [-0.25, -0.2) is 0 Å². The molecule has 4 rings (SSSR count). The number of carbonyl (C=O) groups excluding carboxylic acids is 1. The minimum absolute atomic E-state index is 0.0314. The molecular weight excluding hydrogens is 292 g/mol. The van der Waals surface area contributed by atoms with E-state index in [-0.39, 0.29) is 11.8 Å². The summed E-state index contributed by atoms with van der Waals surface area (Å²) < 4.78 is 11.2. The molecule has 2 saturated heterocycles. The van der Waals surface area contributed by atoms with E-state index in [9.17, 15) is 4.79 Å². The summed E-state index contributed by atoms with van der Waals surface area (Å²) in [5.74, 6) is 1.43. The molecule has 3 atom stereocenters. The maximum Gasteiger partial charge on any atom is 0.225 e. The van der Waals surface area contributed by atoms with Crippen LogP contribution in [0, 0.1) is 17.8 Å². The van der Waals surface area contributed by atoms with Gasteiger partial charge in [-0.15, -0.1) is 0 Å². The van der Waals surface area contributed by atoms with Crippen molar-refractivity contribution in [3.63, 3.8) is 0 Å². The number of furan rings is 1. The second-order valence-electron chi connectivity index (χ2n) is 7.41. The fourth-order valence-corrected chi connectivity index (χ4v) is 3.88. The van der Waals surface area contributed by atoms with Gasteiger partial charge in [-0.3, -0.25) is 9.69 Å². The van der Waals surface area contributed by atoms with E-state index in [1.807, 2.05) is 12.3 Å². The number of piperidine rings is 1. The summed E-state index contributed by atoms with van der Waals surface area (Å²) in [6, 6.07) is 2.03. The quantitative estimate of drug-likeness (QED) is 0.902. The van der Waals surface area contributed by atoms with Crippen LogP contribution < -0.4 is 5.32 Å². The molecule has 5 heteroatoms. The predicted octanol–water partition coefficient (Wildman–Crippen LogP) is 2.03. The average molecular weight is 318 g/mol. The number of hydrogen-bond donors (Lipinski definition) is 1. The molecule has 1 N–H and O–H groups in total. The van der Waals surface area contributed by atoms with Gasteiger partial charge in [0.1, 0.15) is 0 Å². The van der Waals surface area contributed by atoms with Gasteiger partial charge < -0.3 is 14.5 Å². The van der Waals surface area contributed by atoms with E-state index in [2.05, 4.69) is 10.2 Å². The van der Waals surface area contributed by atoms with Crippen LogP contribution >= 0.6 is 0 Å². The lowest BCUT2D eigenvalue weighted by atomic mass is 9.83. The third-order valence-corrected chi connectivity index (χ3v) is 5.47. The topological polar surface area (TPSA) is 54.7 Å². The van der Waals surface area contributed by atoms with E-state index >= 15 is 0 Å². The van der Waals surface area contributed by atoms with Gasteiger partial charge in [0.25, 0.3) is 0 Å². The molecule has 3 heterocycles. The molecule has 23 heavy (non-hydrogen) atoms. The Morgan fingerprint density at radius 1 is 1.35 bits per heavy atom. The number of likely N-dealkylation sites (tertiary alicyclic amines) is 1. The fourth-order valence-electron chi connectivity index (χ4n) is 3.88. The molecule has 1 aromatic rings. The zero-order valence-corrected chi connectivity index (χ0v) is 13.6. The molecule has 0 bridgehead atoms. The van der Waals surface area contributed by atoms with E-state index in [0.717, 1.165) is 44.9 Å². The second kappa shape index (κ2) is 6.65. The van der Waals surface area contributed by atoms with Crippen molar-refractivity contribution in [1.29, 1.82) is 0 Å². The van der Waals surface area contributed by atoms with Crippen molar-refractivity contribution in [3.8, 4) is 0 Å². The van der Waals surface area contributed by atoms with Crippen molar-refractivity contribution in [1.82, 2.24) is 10.2 Å². The number of hydrogen-bond acceptors (Lipinski definition) is 4. The average Bonchev–Trinajstić information content (AvgIpc) is 3.27. The number of amides is 1. The van der Waals surface area contributed by atoms with Crippen molar-refractivity contribution >= 4 is 5.91 Å². The van der Waals surface area contributed by atoms with Gasteiger partial charge in [0, 0.05) is 31.7 Å². The maximum absolute atomic E-state index is 12.3. The van der Waals surface area contributed by atoms with Gasteiger partial charge in [-0.2, -0.15) is 0 Å². The predicted molar refractivity (Wildman–Crippen MR) is 85.7 cm³/mol. The van der Waals surface area contributed by atoms with E-state index < -0.39 is 0 Å². The summed E-state index contributed by atoms with van der Waals surface area (Å²) in [7, 11) is 0. The van der Waals surface area contributed by atoms with Gasteiger partial charge in [0.15, 0.2) is 0 Å². The third-order valence-electron chi connectivity index (χ3n) is 5.47. The zero-order chi connectivity index (χ0) is 15.6. The van der Waals surface area contributed by atoms with E-state index in [4.69, 9.17) is 9.15 Å². The summed E-state index contributed by atoms with van der Waals surface area (Å²) in [6.07, 6.45) is 8.46. The highest BCUT2D eigenvalue weighted by molar-refractivity contribution is 5.78. The molecule has 0 radical (unpaired) electrons. The Labute approximate surface area is 137 Å². The van der Waals surface area contributed by atoms with E-state index in [1.165, 1.54) is 18.4 Å². The Hall–Kier alpha value is -1.33. The Morgan fingerprint density at radius 3 is 3.04 bits per heavy atom. The summed E-state index contributed by atoms with van der Waals surface area (Å²) in [6.45, 7) is 4.46. The highest BCUT2D eigenvalue weighted by Gasteiger charge is 2.38. The number of nitrogens with one attached hydrogen (secondary N) is 1. The van der Waals surface area contributed by atoms with Crippen molar-refractivity contribution in [2.45, 2.75) is 38.3 Å². The van der Waals surface area contributed by atoms with Crippen LogP contribution in [0.15, 0.2) is 23.0 Å². The van der Waals surface area contributed by atoms with Crippen LogP contribution in [0.2, 0.25) is 0 Å². The maximum atomic E-state index is 12.3. The van der Waals surface area contributed by atoms with Gasteiger partial charge in [0.05, 0.1) is 31.2 Å². The van der Waals surface area contributed by atoms with E-state index in [1.54, 1.807) is 6.26 Å². The number of ether oxygens (including phenoxy) is 1. The molecule has 1 aliphatic carbocycles. The molecule has 0 aromatic carbocycles. The van der Waals surface area contributed by atoms with E-state index in [0.29, 0.717) is 18.6 Å². The van der Waals surface area contributed by atoms with Crippen LogP contribution in [0.25, 0.3) is 0 Å². The van der Waals surface area contributed by atoms with Crippen LogP contribution in [0.5, 0.6) is 0 Å². The molecule has 0 spiro atoms. The first-order chi connectivity index (χ1) is 11.3. The minimum atomic E-state index is 0.0314. The first kappa shape index (κ1) is 15.2. The highest BCUT2D eigenvalue weighted by atomic mass is 16.5. The van der Waals surface area contributed by atoms with Crippen molar-refractivity contribution in [3.05, 3.63) is 24.2 Å². The van der Waals surface area contributed by atoms with Crippen LogP contribution in [0.4, 0.5) is 0 Å². The number of nitrogens with zero attached hydrogens (tertiary/aromatic N) is 1. The lowest BCUT2D eigenvalue weighted by Crippen LogP contribution is -2.50. The van der Waals surface area contributed by atoms with Crippen LogP contribution in [-0.2, 0) is 16.1 Å². The van der Waals surface area contributed by atoms with Crippen molar-refractivity contribution < 1.29 is 13.9 Å². The van der Waals surface area contributed by atoms with Gasteiger partial charge in [0.2, 0.25) is 5.91 Å². The fraction of sp³-hybridized carbons (Fsp3) is 0.722. The van der Waals surface area contributed by atoms with Gasteiger partial charge >= 0.3 is 0 Å². The Bertz CT molecular complexity index is 526. The molecule has 0 unspecified atom stereocenters. The Kier molecular flexibility index (Phi) is 4.40. The molecule has 1 aromatic heterocycles. The van der Waals surface area contributed by atoms with Crippen LogP contribution in [0.1, 0.15) is 31.2 Å². The normalized spacial score (nSPS) is 31.6. The lowest BCUT2D eigenvalue weighted by Gasteiger charge is -2.43. The number of fused-ring (bicyclic) bond motifs is 1. The number of carbonyl (C=O) groups is 1. The Morgan fingerprint density at radius 2 is 2.26 bits per heavy atom. The summed E-state index contributed by atoms with van der Waals surface area (Å²) in [5, 5.41) is 3.11. The molecular formula is C18H26N2O3. The summed E-state index contributed by atoms with van der Waals surface area (Å²) >= 11 is 0. The smallest absolute Gasteiger partial charge is 0.225 e. The number of rotatable bonds is 5. The standard InChI is InChI=1S/C18H26N2O3/c21-18(19-8-13-1-2-13)16-7-15-10-20(5-3-17(15)23-12-16)9-14-4-6-22-11-14/h4,6,11,13,15-17H,1-3,5,7-10,12H2,(H,19,21)/t15-,16-,17+/m0/s1. The minimum Gasteiger partial charge on any atom is -0.472 e. The SMILES string of the molecule is O=C(NCC1CC1)[C@@H]1CO[C@@H]2CCN(Cc3ccoc3)C[C@@H]2C1. The largest absolute Gasteiger partial charge is 0.472 e. The molecule has 126 valence electrons. The third kappa shape index (κ3) is 3.78. The zero-order valence-electron chi connectivity index (χ0n) is 13.6. The van der Waals surface area contributed by atoms with Gasteiger partial charge in [-0.1, -0.05) is 0 Å². The molecule has 5 nitrogen and oxygen atoms in total. The molecule has 1 saturated carbocycles. The molecule has 2 aliphatic heterocycles. The lowest BCUT2D eigenvalue weighted by molar-refractivity contribution is -0.139. The van der Waals surface area contributed by atoms with Crippen LogP contribution in [-0.4, -0.2) is 43.2 Å². The summed E-state index contributed by atoms with van der Waals surface area (Å²) in [5.41, 5.74) is 1.22. The molecule has 1 amide bonds. The summed E-state index contributed by atoms with van der Waals surface area (Å²) in [4.78, 5) is 14.8. The molecule has 3 aliphatic rings. The first-order valence-electron chi connectivity index (χ1n) is 8.90. The van der Waals surface area contributed by atoms with Crippen molar-refractivity contribution in [2.24, 2.45) is 17.8 Å².